The van der Waals surface area contributed by atoms with E-state index in [0.29, 0.717) is 38.3 Å². The second-order valence-corrected chi connectivity index (χ2v) is 15.5. The minimum absolute atomic E-state index is 0.0400. The van der Waals surface area contributed by atoms with Gasteiger partial charge in [-0.25, -0.2) is 4.79 Å². The molecule has 0 aromatic heterocycles. The second kappa shape index (κ2) is 13.4. The van der Waals surface area contributed by atoms with Crippen molar-refractivity contribution in [3.05, 3.63) is 35.4 Å². The topological polar surface area (TPSA) is 109 Å². The SMILES string of the molecule is COC(=O)C12CCC(CN3CCN(C(=O)c4cccc(C5CCCN(C(=O)CN(C(=O)OC(C)(C)C)C6CC6)C5)c4)CC3)(CC1)OC2. The van der Waals surface area contributed by atoms with Crippen LogP contribution in [-0.2, 0) is 23.8 Å². The van der Waals surface area contributed by atoms with Gasteiger partial charge in [-0.1, -0.05) is 12.1 Å². The summed E-state index contributed by atoms with van der Waals surface area (Å²) in [5.74, 6) is -0.0183. The van der Waals surface area contributed by atoms with E-state index < -0.39 is 17.1 Å². The van der Waals surface area contributed by atoms with Crippen molar-refractivity contribution >= 4 is 23.9 Å². The molecule has 0 spiro atoms. The average molecular weight is 653 g/mol. The molecule has 1 aromatic rings. The maximum absolute atomic E-state index is 13.6. The zero-order valence-corrected chi connectivity index (χ0v) is 28.6. The number of nitrogens with zero attached hydrogens (tertiary/aromatic N) is 4. The van der Waals surface area contributed by atoms with Crippen molar-refractivity contribution in [2.24, 2.45) is 5.41 Å². The Morgan fingerprint density at radius 3 is 2.30 bits per heavy atom. The van der Waals surface area contributed by atoms with Gasteiger partial charge in [-0.15, -0.1) is 0 Å². The third kappa shape index (κ3) is 7.61. The molecule has 4 aliphatic heterocycles. The number of hydrogen-bond acceptors (Lipinski definition) is 8. The molecule has 11 heteroatoms. The number of benzene rings is 1. The van der Waals surface area contributed by atoms with E-state index in [0.717, 1.165) is 76.6 Å². The number of ether oxygens (including phenoxy) is 3. The summed E-state index contributed by atoms with van der Waals surface area (Å²) >= 11 is 0. The number of rotatable bonds is 8. The second-order valence-electron chi connectivity index (χ2n) is 15.5. The van der Waals surface area contributed by atoms with E-state index in [9.17, 15) is 19.2 Å². The zero-order valence-electron chi connectivity index (χ0n) is 28.6. The summed E-state index contributed by atoms with van der Waals surface area (Å²) in [6.45, 7) is 11.0. The van der Waals surface area contributed by atoms with Crippen LogP contribution >= 0.6 is 0 Å². The predicted molar refractivity (Wildman–Crippen MR) is 175 cm³/mol. The number of piperazine rings is 1. The molecular weight excluding hydrogens is 600 g/mol. The summed E-state index contributed by atoms with van der Waals surface area (Å²) in [6.07, 6.45) is 6.56. The van der Waals surface area contributed by atoms with Crippen LogP contribution in [0.3, 0.4) is 0 Å². The maximum Gasteiger partial charge on any atom is 0.411 e. The molecule has 11 nitrogen and oxygen atoms in total. The molecule has 2 saturated carbocycles. The number of carbonyl (C=O) groups excluding carboxylic acids is 4. The molecule has 1 aromatic carbocycles. The Morgan fingerprint density at radius 1 is 0.957 bits per heavy atom. The molecule has 0 N–H and O–H groups in total. The van der Waals surface area contributed by atoms with E-state index in [1.807, 2.05) is 48.8 Å². The lowest BCUT2D eigenvalue weighted by molar-refractivity contribution is -0.208. The minimum atomic E-state index is -0.610. The molecule has 2 aliphatic carbocycles. The molecular formula is C36H52N4O7. The van der Waals surface area contributed by atoms with Crippen LogP contribution < -0.4 is 0 Å². The number of carbonyl (C=O) groups is 4. The first-order valence-corrected chi connectivity index (χ1v) is 17.5. The molecule has 0 radical (unpaired) electrons. The first-order valence-electron chi connectivity index (χ1n) is 17.5. The number of amides is 3. The van der Waals surface area contributed by atoms with Gasteiger partial charge in [0.05, 0.1) is 24.7 Å². The Kier molecular flexibility index (Phi) is 9.60. The highest BCUT2D eigenvalue weighted by Crippen LogP contribution is 2.49. The maximum atomic E-state index is 13.6. The highest BCUT2D eigenvalue weighted by Gasteiger charge is 2.54. The molecule has 2 bridgehead atoms. The largest absolute Gasteiger partial charge is 0.469 e. The van der Waals surface area contributed by atoms with Crippen LogP contribution in [0.25, 0.3) is 0 Å². The van der Waals surface area contributed by atoms with Crippen LogP contribution in [0.15, 0.2) is 24.3 Å². The smallest absolute Gasteiger partial charge is 0.411 e. The van der Waals surface area contributed by atoms with Crippen LogP contribution in [-0.4, -0.2) is 127 Å². The first-order chi connectivity index (χ1) is 22.4. The van der Waals surface area contributed by atoms with Crippen molar-refractivity contribution < 1.29 is 33.4 Å². The lowest BCUT2D eigenvalue weighted by Gasteiger charge is -2.53. The quantitative estimate of drug-likeness (QED) is 0.387. The molecule has 6 aliphatic rings. The van der Waals surface area contributed by atoms with E-state index in [1.54, 1.807) is 4.90 Å². The van der Waals surface area contributed by atoms with Gasteiger partial charge in [0, 0.05) is 63.3 Å². The van der Waals surface area contributed by atoms with Crippen molar-refractivity contribution in [2.45, 2.75) is 95.3 Å². The van der Waals surface area contributed by atoms with Gasteiger partial charge in [0.2, 0.25) is 5.91 Å². The number of fused-ring (bicyclic) bond motifs is 3. The van der Waals surface area contributed by atoms with E-state index in [-0.39, 0.29) is 41.9 Å². The molecule has 3 amide bonds. The third-order valence-electron chi connectivity index (χ3n) is 10.9. The summed E-state index contributed by atoms with van der Waals surface area (Å²) in [6, 6.07) is 7.99. The zero-order chi connectivity index (χ0) is 33.4. The van der Waals surface area contributed by atoms with Crippen molar-refractivity contribution in [3.8, 4) is 0 Å². The van der Waals surface area contributed by atoms with Gasteiger partial charge in [0.25, 0.3) is 5.91 Å². The predicted octanol–water partition coefficient (Wildman–Crippen LogP) is 4.05. The number of likely N-dealkylation sites (tertiary alicyclic amines) is 1. The lowest BCUT2D eigenvalue weighted by Crippen LogP contribution is -2.60. The van der Waals surface area contributed by atoms with Gasteiger partial charge >= 0.3 is 12.1 Å². The first kappa shape index (κ1) is 33.7. The van der Waals surface area contributed by atoms with Crippen LogP contribution in [0.2, 0.25) is 0 Å². The summed E-state index contributed by atoms with van der Waals surface area (Å²) < 4.78 is 17.0. The Hall–Kier alpha value is -3.18. The van der Waals surface area contributed by atoms with E-state index in [4.69, 9.17) is 14.2 Å². The summed E-state index contributed by atoms with van der Waals surface area (Å²) in [5.41, 5.74) is 0.468. The molecule has 1 unspecified atom stereocenters. The Balaban J connectivity index is 1.01. The molecule has 1 atom stereocenters. The van der Waals surface area contributed by atoms with Crippen LogP contribution in [0.4, 0.5) is 4.79 Å². The van der Waals surface area contributed by atoms with E-state index in [1.165, 1.54) is 7.11 Å². The molecule has 4 saturated heterocycles. The van der Waals surface area contributed by atoms with Crippen molar-refractivity contribution in [1.29, 1.82) is 0 Å². The highest BCUT2D eigenvalue weighted by molar-refractivity contribution is 5.94. The Labute approximate surface area is 278 Å². The normalized spacial score (nSPS) is 28.1. The van der Waals surface area contributed by atoms with Crippen molar-refractivity contribution in [3.63, 3.8) is 0 Å². The average Bonchev–Trinajstić information content (AvgIpc) is 3.92. The van der Waals surface area contributed by atoms with Crippen LogP contribution in [0, 0.1) is 5.41 Å². The number of piperidine rings is 1. The molecule has 7 rings (SSSR count). The van der Waals surface area contributed by atoms with Gasteiger partial charge in [0.1, 0.15) is 12.1 Å². The minimum Gasteiger partial charge on any atom is -0.469 e. The van der Waals surface area contributed by atoms with Gasteiger partial charge in [-0.2, -0.15) is 0 Å². The molecule has 47 heavy (non-hydrogen) atoms. The standard InChI is InChI=1S/C36H52N4O7/c1-34(2,3)47-33(44)40(29-10-11-29)23-30(41)39-16-6-9-28(22-39)26-7-5-8-27(21-26)31(42)38-19-17-37(18-20-38)24-36-14-12-35(13-15-36,25-46-36)32(43)45-4/h5,7-8,21,28-29H,6,9-20,22-25H2,1-4H3. The number of esters is 1. The van der Waals surface area contributed by atoms with Crippen LogP contribution in [0.1, 0.15) is 94.0 Å². The van der Waals surface area contributed by atoms with Crippen molar-refractivity contribution in [1.82, 2.24) is 19.6 Å². The third-order valence-corrected chi connectivity index (χ3v) is 10.9. The van der Waals surface area contributed by atoms with Crippen molar-refractivity contribution in [2.75, 3.05) is 66.1 Å². The summed E-state index contributed by atoms with van der Waals surface area (Å²) in [5, 5.41) is 0. The van der Waals surface area contributed by atoms with E-state index >= 15 is 0 Å². The summed E-state index contributed by atoms with van der Waals surface area (Å²) in [7, 11) is 1.46. The number of hydrogen-bond donors (Lipinski definition) is 0. The Bertz CT molecular complexity index is 1320. The molecule has 258 valence electrons. The summed E-state index contributed by atoms with van der Waals surface area (Å²) in [4.78, 5) is 60.0. The fraction of sp³-hybridized carbons (Fsp3) is 0.722. The highest BCUT2D eigenvalue weighted by atomic mass is 16.6. The fourth-order valence-electron chi connectivity index (χ4n) is 7.84. The van der Waals surface area contributed by atoms with Gasteiger partial charge in [-0.3, -0.25) is 24.2 Å². The Morgan fingerprint density at radius 2 is 1.68 bits per heavy atom. The molecule has 4 heterocycles. The van der Waals surface area contributed by atoms with E-state index in [2.05, 4.69) is 11.0 Å². The molecule has 6 fully saturated rings. The monoisotopic (exact) mass is 652 g/mol. The fourth-order valence-corrected chi connectivity index (χ4v) is 7.84. The lowest BCUT2D eigenvalue weighted by atomic mass is 9.66. The van der Waals surface area contributed by atoms with Gasteiger partial charge in [0.15, 0.2) is 0 Å². The number of methoxy groups -OCH3 is 1. The van der Waals surface area contributed by atoms with Gasteiger partial charge < -0.3 is 24.0 Å². The van der Waals surface area contributed by atoms with Gasteiger partial charge in [-0.05, 0) is 89.8 Å². The van der Waals surface area contributed by atoms with Crippen LogP contribution in [0.5, 0.6) is 0 Å².